The lowest BCUT2D eigenvalue weighted by atomic mass is 9.64. The van der Waals surface area contributed by atoms with E-state index in [9.17, 15) is 34.8 Å². The summed E-state index contributed by atoms with van der Waals surface area (Å²) >= 11 is 0. The van der Waals surface area contributed by atoms with Gasteiger partial charge in [0.2, 0.25) is 0 Å². The maximum absolute atomic E-state index is 15.7. The van der Waals surface area contributed by atoms with E-state index in [1.807, 2.05) is 11.9 Å². The molecule has 6 N–H and O–H groups in total. The number of benzene rings is 1. The zero-order valence-corrected chi connectivity index (χ0v) is 19.5. The van der Waals surface area contributed by atoms with Gasteiger partial charge in [-0.3, -0.25) is 19.3 Å². The Hall–Kier alpha value is -3.24. The number of hydrogen-bond acceptors (Lipinski definition) is 8. The van der Waals surface area contributed by atoms with E-state index in [2.05, 4.69) is 0 Å². The minimum atomic E-state index is -2.00. The van der Waals surface area contributed by atoms with Crippen molar-refractivity contribution in [2.75, 3.05) is 13.6 Å². The van der Waals surface area contributed by atoms with Crippen LogP contribution in [0, 0.1) is 17.7 Å². The maximum atomic E-state index is 15.7. The summed E-state index contributed by atoms with van der Waals surface area (Å²) in [6.45, 7) is 2.03. The van der Waals surface area contributed by atoms with Crippen molar-refractivity contribution >= 4 is 18.0 Å². The number of carbonyl (C=O) groups excluding carboxylic acids is 3. The average molecular weight is 489 g/mol. The number of primary amides is 1. The molecular formula is C25H29FN2O7. The van der Waals surface area contributed by atoms with Crippen LogP contribution in [-0.2, 0) is 16.0 Å². The van der Waals surface area contributed by atoms with E-state index < -0.39 is 52.0 Å². The molecule has 0 saturated carbocycles. The average Bonchev–Trinajstić information content (AvgIpc) is 3.20. The van der Waals surface area contributed by atoms with Crippen molar-refractivity contribution in [3.63, 3.8) is 0 Å². The van der Waals surface area contributed by atoms with Gasteiger partial charge in [0.1, 0.15) is 34.3 Å². The number of aromatic hydroxyl groups is 1. The molecule has 2 aliphatic carbocycles. The number of aldehydes is 1. The first kappa shape index (κ1) is 24.9. The molecule has 188 valence electrons. The van der Waals surface area contributed by atoms with Crippen LogP contribution in [0.25, 0.3) is 0 Å². The van der Waals surface area contributed by atoms with E-state index in [0.717, 1.165) is 13.0 Å². The highest BCUT2D eigenvalue weighted by Crippen LogP contribution is 2.50. The standard InChI is InChI=1S/C25H29FN2O7/c1-25(35)12(8-17(30)15(10-29)24(27)34)6-11-7-14-20(22(32)19(11)23(25)33)18(31)9-13(21(14)26)16-4-3-5-28(16)2/h9-12,16,30-31,33,35H,3-8H2,1-2H3,(H2,27,34)/b17-15-/t11?,12-,16?,25-/m0/s1. The van der Waals surface area contributed by atoms with Crippen LogP contribution in [0.4, 0.5) is 4.39 Å². The third kappa shape index (κ3) is 3.90. The molecule has 1 amide bonds. The number of Topliss-reactive ketones (excluding diaryl/α,β-unsaturated/α-hetero) is 1. The third-order valence-electron chi connectivity index (χ3n) is 7.81. The number of phenolic OH excluding ortho intramolecular Hbond substituents is 1. The molecule has 10 heteroatoms. The van der Waals surface area contributed by atoms with Crippen LogP contribution in [-0.4, -0.2) is 62.5 Å². The predicted molar refractivity (Wildman–Crippen MR) is 122 cm³/mol. The highest BCUT2D eigenvalue weighted by molar-refractivity contribution is 6.13. The molecule has 35 heavy (non-hydrogen) atoms. The van der Waals surface area contributed by atoms with Crippen molar-refractivity contribution in [1.82, 2.24) is 4.90 Å². The number of ketones is 1. The molecule has 1 saturated heterocycles. The van der Waals surface area contributed by atoms with Gasteiger partial charge < -0.3 is 26.2 Å². The van der Waals surface area contributed by atoms with Crippen molar-refractivity contribution in [3.8, 4) is 5.75 Å². The third-order valence-corrected chi connectivity index (χ3v) is 7.81. The molecule has 4 atom stereocenters. The summed E-state index contributed by atoms with van der Waals surface area (Å²) in [5, 5.41) is 43.0. The SMILES string of the molecule is CN1CCCC1c1cc(O)c2c(c1F)CC1C[C@@H](C/C(O)=C(\C=O)C(N)=O)[C@](C)(O)C(O)=C1C2=O. The van der Waals surface area contributed by atoms with Gasteiger partial charge in [-0.25, -0.2) is 4.39 Å². The zero-order chi connectivity index (χ0) is 25.8. The van der Waals surface area contributed by atoms with Crippen molar-refractivity contribution < 1.29 is 39.2 Å². The van der Waals surface area contributed by atoms with Crippen LogP contribution in [0.15, 0.2) is 28.7 Å². The fraction of sp³-hybridized carbons (Fsp3) is 0.480. The fourth-order valence-corrected chi connectivity index (χ4v) is 5.82. The lowest BCUT2D eigenvalue weighted by Gasteiger charge is -2.43. The number of likely N-dealkylation sites (tertiary alicyclic amines) is 1. The number of rotatable bonds is 5. The Morgan fingerprint density at radius 2 is 2.06 bits per heavy atom. The number of amides is 1. The molecule has 1 heterocycles. The van der Waals surface area contributed by atoms with Crippen LogP contribution < -0.4 is 5.73 Å². The fourth-order valence-electron chi connectivity index (χ4n) is 5.82. The second-order valence-electron chi connectivity index (χ2n) is 9.91. The number of nitrogens with zero attached hydrogens (tertiary/aromatic N) is 1. The van der Waals surface area contributed by atoms with Gasteiger partial charge in [0.05, 0.1) is 5.56 Å². The number of aliphatic hydroxyl groups is 3. The quantitative estimate of drug-likeness (QED) is 0.138. The topological polar surface area (TPSA) is 161 Å². The van der Waals surface area contributed by atoms with Crippen molar-refractivity contribution in [3.05, 3.63) is 51.2 Å². The van der Waals surface area contributed by atoms with Crippen molar-refractivity contribution in [2.45, 2.75) is 50.7 Å². The molecule has 2 unspecified atom stereocenters. The largest absolute Gasteiger partial charge is 0.511 e. The summed E-state index contributed by atoms with van der Waals surface area (Å²) in [6, 6.07) is 1.04. The van der Waals surface area contributed by atoms with E-state index in [0.29, 0.717) is 12.0 Å². The van der Waals surface area contributed by atoms with Gasteiger partial charge in [-0.15, -0.1) is 0 Å². The molecule has 1 aromatic rings. The lowest BCUT2D eigenvalue weighted by molar-refractivity contribution is -0.117. The van der Waals surface area contributed by atoms with Gasteiger partial charge in [-0.1, -0.05) is 0 Å². The maximum Gasteiger partial charge on any atom is 0.255 e. The normalized spacial score (nSPS) is 29.5. The minimum absolute atomic E-state index is 0.0163. The summed E-state index contributed by atoms with van der Waals surface area (Å²) in [5.41, 5.74) is 2.48. The molecule has 1 fully saturated rings. The van der Waals surface area contributed by atoms with Crippen LogP contribution in [0.5, 0.6) is 5.75 Å². The summed E-state index contributed by atoms with van der Waals surface area (Å²) in [7, 11) is 1.87. The number of aliphatic hydroxyl groups excluding tert-OH is 2. The molecule has 0 bridgehead atoms. The molecule has 1 aromatic carbocycles. The molecular weight excluding hydrogens is 459 g/mol. The molecule has 9 nitrogen and oxygen atoms in total. The highest BCUT2D eigenvalue weighted by Gasteiger charge is 2.50. The first-order valence-corrected chi connectivity index (χ1v) is 11.5. The second-order valence-corrected chi connectivity index (χ2v) is 9.91. The summed E-state index contributed by atoms with van der Waals surface area (Å²) in [4.78, 5) is 37.9. The number of carbonyl (C=O) groups is 3. The van der Waals surface area contributed by atoms with Crippen LogP contribution >= 0.6 is 0 Å². The Morgan fingerprint density at radius 3 is 2.63 bits per heavy atom. The number of hydrogen-bond donors (Lipinski definition) is 5. The smallest absolute Gasteiger partial charge is 0.255 e. The number of allylic oxidation sites excluding steroid dienone is 2. The molecule has 0 aromatic heterocycles. The monoisotopic (exact) mass is 488 g/mol. The lowest BCUT2D eigenvalue weighted by Crippen LogP contribution is -2.46. The molecule has 1 aliphatic heterocycles. The Labute approximate surface area is 201 Å². The van der Waals surface area contributed by atoms with E-state index in [4.69, 9.17) is 5.73 Å². The molecule has 3 aliphatic rings. The van der Waals surface area contributed by atoms with Gasteiger partial charge in [-0.2, -0.15) is 0 Å². The Morgan fingerprint density at radius 1 is 1.37 bits per heavy atom. The Bertz CT molecular complexity index is 1190. The number of phenols is 1. The second kappa shape index (κ2) is 8.76. The summed E-state index contributed by atoms with van der Waals surface area (Å²) < 4.78 is 15.7. The van der Waals surface area contributed by atoms with E-state index in [1.165, 1.54) is 13.0 Å². The first-order chi connectivity index (χ1) is 16.4. The minimum Gasteiger partial charge on any atom is -0.511 e. The van der Waals surface area contributed by atoms with E-state index in [-0.39, 0.29) is 54.0 Å². The zero-order valence-electron chi connectivity index (χ0n) is 19.5. The van der Waals surface area contributed by atoms with Gasteiger partial charge in [0.25, 0.3) is 5.91 Å². The Balaban J connectivity index is 1.78. The van der Waals surface area contributed by atoms with Crippen LogP contribution in [0.1, 0.15) is 60.1 Å². The van der Waals surface area contributed by atoms with E-state index >= 15 is 4.39 Å². The highest BCUT2D eigenvalue weighted by atomic mass is 19.1. The van der Waals surface area contributed by atoms with Crippen molar-refractivity contribution in [2.24, 2.45) is 17.6 Å². The predicted octanol–water partition coefficient (Wildman–Crippen LogP) is 2.12. The summed E-state index contributed by atoms with van der Waals surface area (Å²) in [6.07, 6.45) is 1.35. The van der Waals surface area contributed by atoms with E-state index in [1.54, 1.807) is 0 Å². The van der Waals surface area contributed by atoms with Gasteiger partial charge in [-0.05, 0) is 58.2 Å². The van der Waals surface area contributed by atoms with Crippen molar-refractivity contribution in [1.29, 1.82) is 0 Å². The number of nitrogens with two attached hydrogens (primary N) is 1. The van der Waals surface area contributed by atoms with Gasteiger partial charge in [0.15, 0.2) is 12.1 Å². The first-order valence-electron chi connectivity index (χ1n) is 11.5. The number of fused-ring (bicyclic) bond motifs is 2. The Kier molecular flexibility index (Phi) is 6.23. The number of halogens is 1. The molecule has 4 rings (SSSR count). The molecule has 0 spiro atoms. The summed E-state index contributed by atoms with van der Waals surface area (Å²) in [5.74, 6) is -5.78. The van der Waals surface area contributed by atoms with Crippen LogP contribution in [0.2, 0.25) is 0 Å². The molecule has 0 radical (unpaired) electrons. The van der Waals surface area contributed by atoms with Gasteiger partial charge in [0, 0.05) is 35.1 Å². The van der Waals surface area contributed by atoms with Crippen LogP contribution in [0.3, 0.4) is 0 Å². The van der Waals surface area contributed by atoms with Gasteiger partial charge >= 0.3 is 0 Å².